The van der Waals surface area contributed by atoms with Crippen LogP contribution in [0.1, 0.15) is 45.0 Å². The normalized spacial score (nSPS) is 12.9. The van der Waals surface area contributed by atoms with Crippen LogP contribution in [0, 0.1) is 5.41 Å². The molecule has 2 N–H and O–H groups in total. The van der Waals surface area contributed by atoms with E-state index < -0.39 is 23.3 Å². The van der Waals surface area contributed by atoms with Gasteiger partial charge in [0.05, 0.1) is 6.10 Å². The molecule has 0 saturated carbocycles. The molecule has 0 bridgehead atoms. The summed E-state index contributed by atoms with van der Waals surface area (Å²) in [5.41, 5.74) is -0.163. The van der Waals surface area contributed by atoms with E-state index >= 15 is 0 Å². The van der Waals surface area contributed by atoms with Gasteiger partial charge in [-0.2, -0.15) is 0 Å². The average Bonchev–Trinajstić information content (AvgIpc) is 2.34. The van der Waals surface area contributed by atoms with Crippen LogP contribution in [0.15, 0.2) is 24.3 Å². The number of amides is 1. The lowest BCUT2D eigenvalue weighted by Crippen LogP contribution is -2.49. The van der Waals surface area contributed by atoms with Crippen molar-refractivity contribution < 1.29 is 19.4 Å². The molecule has 1 rings (SSSR count). The Kier molecular flexibility index (Phi) is 5.35. The second-order valence-corrected chi connectivity index (χ2v) is 6.30. The third-order valence-electron chi connectivity index (χ3n) is 2.88. The van der Waals surface area contributed by atoms with Crippen molar-refractivity contribution in [3.05, 3.63) is 29.8 Å². The maximum Gasteiger partial charge on any atom is 0.326 e. The van der Waals surface area contributed by atoms with E-state index in [1.54, 1.807) is 45.0 Å². The SMILES string of the molecule is CC(C)Oc1ccc(C(=O)N[C@@H](C(=O)O)C(C)(C)C)cc1. The van der Waals surface area contributed by atoms with Gasteiger partial charge in [-0.15, -0.1) is 0 Å². The Hall–Kier alpha value is -2.04. The van der Waals surface area contributed by atoms with Crippen LogP contribution in [0.5, 0.6) is 5.75 Å². The first kappa shape index (κ1) is 17.0. The highest BCUT2D eigenvalue weighted by Crippen LogP contribution is 2.20. The predicted octanol–water partition coefficient (Wildman–Crippen LogP) is 2.70. The molecule has 21 heavy (non-hydrogen) atoms. The number of aliphatic carboxylic acids is 1. The van der Waals surface area contributed by atoms with Crippen molar-refractivity contribution in [2.75, 3.05) is 0 Å². The van der Waals surface area contributed by atoms with Crippen molar-refractivity contribution in [3.8, 4) is 5.75 Å². The third-order valence-corrected chi connectivity index (χ3v) is 2.88. The molecule has 5 nitrogen and oxygen atoms in total. The van der Waals surface area contributed by atoms with Gasteiger partial charge in [0.25, 0.3) is 5.91 Å². The first-order chi connectivity index (χ1) is 9.61. The lowest BCUT2D eigenvalue weighted by atomic mass is 9.86. The van der Waals surface area contributed by atoms with E-state index in [1.165, 1.54) is 0 Å². The number of carbonyl (C=O) groups excluding carboxylic acids is 1. The van der Waals surface area contributed by atoms with Crippen LogP contribution in [-0.2, 0) is 4.79 Å². The zero-order valence-corrected chi connectivity index (χ0v) is 13.1. The lowest BCUT2D eigenvalue weighted by molar-refractivity contribution is -0.142. The second-order valence-electron chi connectivity index (χ2n) is 6.30. The summed E-state index contributed by atoms with van der Waals surface area (Å²) in [4.78, 5) is 23.4. The van der Waals surface area contributed by atoms with Crippen molar-refractivity contribution >= 4 is 11.9 Å². The minimum Gasteiger partial charge on any atom is -0.491 e. The van der Waals surface area contributed by atoms with E-state index in [0.717, 1.165) is 0 Å². The lowest BCUT2D eigenvalue weighted by Gasteiger charge is -2.27. The number of carbonyl (C=O) groups is 2. The number of carboxylic acids is 1. The Morgan fingerprint density at radius 2 is 1.67 bits per heavy atom. The van der Waals surface area contributed by atoms with Gasteiger partial charge in [-0.3, -0.25) is 4.79 Å². The smallest absolute Gasteiger partial charge is 0.326 e. The topological polar surface area (TPSA) is 75.6 Å². The molecule has 0 unspecified atom stereocenters. The van der Waals surface area contributed by atoms with Gasteiger partial charge in [0.15, 0.2) is 0 Å². The molecule has 1 aromatic rings. The van der Waals surface area contributed by atoms with Crippen molar-refractivity contribution in [1.82, 2.24) is 5.32 Å². The highest BCUT2D eigenvalue weighted by molar-refractivity contribution is 5.96. The zero-order valence-electron chi connectivity index (χ0n) is 13.1. The predicted molar refractivity (Wildman–Crippen MR) is 80.6 cm³/mol. The first-order valence-corrected chi connectivity index (χ1v) is 6.91. The van der Waals surface area contributed by atoms with Crippen LogP contribution >= 0.6 is 0 Å². The summed E-state index contributed by atoms with van der Waals surface area (Å²) >= 11 is 0. The fourth-order valence-electron chi connectivity index (χ4n) is 1.82. The number of carboxylic acid groups (broad SMARTS) is 1. The highest BCUT2D eigenvalue weighted by atomic mass is 16.5. The number of rotatable bonds is 5. The quantitative estimate of drug-likeness (QED) is 0.875. The number of hydrogen-bond donors (Lipinski definition) is 2. The van der Waals surface area contributed by atoms with E-state index in [1.807, 2.05) is 13.8 Å². The summed E-state index contributed by atoms with van der Waals surface area (Å²) in [5, 5.41) is 11.8. The summed E-state index contributed by atoms with van der Waals surface area (Å²) < 4.78 is 5.50. The van der Waals surface area contributed by atoms with Crippen LogP contribution < -0.4 is 10.1 Å². The van der Waals surface area contributed by atoms with Crippen molar-refractivity contribution in [2.45, 2.75) is 46.8 Å². The molecule has 0 aromatic heterocycles. The van der Waals surface area contributed by atoms with Gasteiger partial charge < -0.3 is 15.2 Å². The Morgan fingerprint density at radius 1 is 1.14 bits per heavy atom. The van der Waals surface area contributed by atoms with Gasteiger partial charge >= 0.3 is 5.97 Å². The second kappa shape index (κ2) is 6.61. The standard InChI is InChI=1S/C16H23NO4/c1-10(2)21-12-8-6-11(7-9-12)14(18)17-13(15(19)20)16(3,4)5/h6-10,13H,1-5H3,(H,17,18)(H,19,20)/t13-/m0/s1. The molecule has 0 aliphatic carbocycles. The number of hydrogen-bond acceptors (Lipinski definition) is 3. The average molecular weight is 293 g/mol. The Bertz CT molecular complexity index is 500. The maximum absolute atomic E-state index is 12.1. The van der Waals surface area contributed by atoms with Gasteiger partial charge in [0, 0.05) is 5.56 Å². The molecule has 5 heteroatoms. The number of benzene rings is 1. The maximum atomic E-state index is 12.1. The molecular weight excluding hydrogens is 270 g/mol. The molecule has 0 radical (unpaired) electrons. The molecule has 0 aliphatic rings. The monoisotopic (exact) mass is 293 g/mol. The zero-order chi connectivity index (χ0) is 16.2. The molecule has 0 aliphatic heterocycles. The summed E-state index contributed by atoms with van der Waals surface area (Å²) in [5.74, 6) is -0.781. The summed E-state index contributed by atoms with van der Waals surface area (Å²) in [7, 11) is 0. The van der Waals surface area contributed by atoms with Crippen LogP contribution in [0.2, 0.25) is 0 Å². The van der Waals surface area contributed by atoms with Crippen LogP contribution in [-0.4, -0.2) is 29.1 Å². The molecule has 0 heterocycles. The molecule has 0 spiro atoms. The molecular formula is C16H23NO4. The van der Waals surface area contributed by atoms with E-state index in [4.69, 9.17) is 4.74 Å². The van der Waals surface area contributed by atoms with Crippen LogP contribution in [0.25, 0.3) is 0 Å². The van der Waals surface area contributed by atoms with Crippen LogP contribution in [0.3, 0.4) is 0 Å². The third kappa shape index (κ3) is 5.10. The Labute approximate surface area is 125 Å². The highest BCUT2D eigenvalue weighted by Gasteiger charge is 2.32. The Morgan fingerprint density at radius 3 is 2.05 bits per heavy atom. The molecule has 1 atom stereocenters. The number of ether oxygens (including phenoxy) is 1. The van der Waals surface area contributed by atoms with Gasteiger partial charge in [0.2, 0.25) is 0 Å². The molecule has 116 valence electrons. The van der Waals surface area contributed by atoms with E-state index in [9.17, 15) is 14.7 Å². The molecule has 0 saturated heterocycles. The van der Waals surface area contributed by atoms with Gasteiger partial charge in [0.1, 0.15) is 11.8 Å². The van der Waals surface area contributed by atoms with Crippen LogP contribution in [0.4, 0.5) is 0 Å². The van der Waals surface area contributed by atoms with E-state index in [2.05, 4.69) is 5.32 Å². The van der Waals surface area contributed by atoms with Gasteiger partial charge in [-0.1, -0.05) is 20.8 Å². The van der Waals surface area contributed by atoms with Crippen molar-refractivity contribution in [2.24, 2.45) is 5.41 Å². The van der Waals surface area contributed by atoms with Crippen molar-refractivity contribution in [3.63, 3.8) is 0 Å². The Balaban J connectivity index is 2.81. The largest absolute Gasteiger partial charge is 0.491 e. The number of nitrogens with one attached hydrogen (secondary N) is 1. The molecule has 1 amide bonds. The van der Waals surface area contributed by atoms with E-state index in [0.29, 0.717) is 11.3 Å². The molecule has 1 aromatic carbocycles. The summed E-state index contributed by atoms with van der Waals surface area (Å²) in [6.45, 7) is 9.14. The fraction of sp³-hybridized carbons (Fsp3) is 0.500. The molecule has 0 fully saturated rings. The van der Waals surface area contributed by atoms with Gasteiger partial charge in [-0.05, 0) is 43.5 Å². The van der Waals surface area contributed by atoms with E-state index in [-0.39, 0.29) is 6.10 Å². The summed E-state index contributed by atoms with van der Waals surface area (Å²) in [6, 6.07) is 5.68. The minimum absolute atomic E-state index is 0.0574. The van der Waals surface area contributed by atoms with Crippen molar-refractivity contribution in [1.29, 1.82) is 0 Å². The minimum atomic E-state index is -1.05. The van der Waals surface area contributed by atoms with Gasteiger partial charge in [-0.25, -0.2) is 4.79 Å². The fourth-order valence-corrected chi connectivity index (χ4v) is 1.82. The first-order valence-electron chi connectivity index (χ1n) is 6.91. The summed E-state index contributed by atoms with van der Waals surface area (Å²) in [6.07, 6.45) is 0.0574.